The smallest absolute Gasteiger partial charge is 0.319 e. The third-order valence-electron chi connectivity index (χ3n) is 3.87. The lowest BCUT2D eigenvalue weighted by molar-refractivity contribution is 0.138. The lowest BCUT2D eigenvalue weighted by Crippen LogP contribution is -2.52. The highest BCUT2D eigenvalue weighted by Gasteiger charge is 2.28. The van der Waals surface area contributed by atoms with Gasteiger partial charge in [-0.2, -0.15) is 0 Å². The number of urea groups is 1. The number of nitrogens with zero attached hydrogens (tertiary/aromatic N) is 1. The first-order chi connectivity index (χ1) is 9.04. The van der Waals surface area contributed by atoms with Crippen molar-refractivity contribution in [3.05, 3.63) is 30.3 Å². The molecule has 0 aromatic heterocycles. The average molecular weight is 263 g/mol. The Morgan fingerprint density at radius 2 is 1.74 bits per heavy atom. The zero-order valence-corrected chi connectivity index (χ0v) is 12.4. The van der Waals surface area contributed by atoms with Crippen LogP contribution in [0.25, 0.3) is 0 Å². The number of hydrogen-bond donors (Lipinski definition) is 2. The summed E-state index contributed by atoms with van der Waals surface area (Å²) in [5.41, 5.74) is 0.831. The zero-order chi connectivity index (χ0) is 14.3. The van der Waals surface area contributed by atoms with Gasteiger partial charge in [-0.15, -0.1) is 0 Å². The van der Waals surface area contributed by atoms with Crippen molar-refractivity contribution in [3.8, 4) is 0 Å². The summed E-state index contributed by atoms with van der Waals surface area (Å²) in [7, 11) is 4.12. The van der Waals surface area contributed by atoms with Crippen LogP contribution in [0.2, 0.25) is 0 Å². The van der Waals surface area contributed by atoms with E-state index in [0.717, 1.165) is 18.5 Å². The Labute approximate surface area is 116 Å². The lowest BCUT2D eigenvalue weighted by Gasteiger charge is -2.38. The van der Waals surface area contributed by atoms with Crippen molar-refractivity contribution in [3.63, 3.8) is 0 Å². The van der Waals surface area contributed by atoms with E-state index in [1.54, 1.807) is 0 Å². The molecule has 1 aromatic rings. The summed E-state index contributed by atoms with van der Waals surface area (Å²) < 4.78 is 0. The molecule has 4 nitrogen and oxygen atoms in total. The van der Waals surface area contributed by atoms with Crippen molar-refractivity contribution in [2.24, 2.45) is 0 Å². The number of likely N-dealkylation sites (N-methyl/N-ethyl adjacent to an activating group) is 1. The Kier molecular flexibility index (Phi) is 5.83. The first-order valence-electron chi connectivity index (χ1n) is 6.81. The normalized spacial score (nSPS) is 11.4. The number of rotatable bonds is 6. The van der Waals surface area contributed by atoms with Gasteiger partial charge in [0.2, 0.25) is 0 Å². The van der Waals surface area contributed by atoms with Gasteiger partial charge < -0.3 is 15.5 Å². The van der Waals surface area contributed by atoms with Crippen LogP contribution < -0.4 is 10.6 Å². The highest BCUT2D eigenvalue weighted by atomic mass is 16.2. The Hall–Kier alpha value is -1.55. The lowest BCUT2D eigenvalue weighted by atomic mass is 9.91. The fourth-order valence-electron chi connectivity index (χ4n) is 2.23. The van der Waals surface area contributed by atoms with E-state index in [1.165, 1.54) is 0 Å². The fourth-order valence-corrected chi connectivity index (χ4v) is 2.23. The van der Waals surface area contributed by atoms with Crippen molar-refractivity contribution in [2.45, 2.75) is 32.2 Å². The van der Waals surface area contributed by atoms with Crippen LogP contribution in [-0.2, 0) is 0 Å². The van der Waals surface area contributed by atoms with Gasteiger partial charge in [-0.05, 0) is 39.1 Å². The molecule has 106 valence electrons. The van der Waals surface area contributed by atoms with E-state index in [-0.39, 0.29) is 11.6 Å². The van der Waals surface area contributed by atoms with Crippen LogP contribution in [0.15, 0.2) is 30.3 Å². The number of carbonyl (C=O) groups excluding carboxylic acids is 1. The second kappa shape index (κ2) is 7.14. The molecule has 0 aliphatic rings. The quantitative estimate of drug-likeness (QED) is 0.829. The third-order valence-corrected chi connectivity index (χ3v) is 3.87. The van der Waals surface area contributed by atoms with Gasteiger partial charge >= 0.3 is 6.03 Å². The number of para-hydroxylation sites is 1. The topological polar surface area (TPSA) is 44.4 Å². The molecule has 0 bridgehead atoms. The maximum atomic E-state index is 11.9. The number of nitrogens with one attached hydrogen (secondary N) is 2. The van der Waals surface area contributed by atoms with Crippen LogP contribution in [0.4, 0.5) is 10.5 Å². The molecule has 2 N–H and O–H groups in total. The van der Waals surface area contributed by atoms with Crippen molar-refractivity contribution >= 4 is 11.7 Å². The average Bonchev–Trinajstić information content (AvgIpc) is 2.41. The second-order valence-electron chi connectivity index (χ2n) is 5.00. The van der Waals surface area contributed by atoms with E-state index in [4.69, 9.17) is 0 Å². The van der Waals surface area contributed by atoms with Crippen molar-refractivity contribution < 1.29 is 4.79 Å². The third kappa shape index (κ3) is 4.24. The molecule has 0 fully saturated rings. The summed E-state index contributed by atoms with van der Waals surface area (Å²) in [6, 6.07) is 9.32. The van der Waals surface area contributed by atoms with Crippen molar-refractivity contribution in [1.29, 1.82) is 0 Å². The SMILES string of the molecule is CCC(CC)(CNC(=O)Nc1ccccc1)N(C)C. The molecule has 0 spiro atoms. The molecule has 4 heteroatoms. The summed E-state index contributed by atoms with van der Waals surface area (Å²) >= 11 is 0. The minimum Gasteiger partial charge on any atom is -0.336 e. The highest BCUT2D eigenvalue weighted by molar-refractivity contribution is 5.89. The standard InChI is InChI=1S/C15H25N3O/c1-5-15(6-2,18(3)4)12-16-14(19)17-13-10-8-7-9-11-13/h7-11H,5-6,12H2,1-4H3,(H2,16,17,19). The molecule has 0 aliphatic heterocycles. The summed E-state index contributed by atoms with van der Waals surface area (Å²) in [4.78, 5) is 14.1. The predicted octanol–water partition coefficient (Wildman–Crippen LogP) is 2.93. The molecule has 0 saturated carbocycles. The number of amides is 2. The molecule has 0 saturated heterocycles. The highest BCUT2D eigenvalue weighted by Crippen LogP contribution is 2.20. The van der Waals surface area contributed by atoms with Gasteiger partial charge in [-0.3, -0.25) is 0 Å². The Bertz CT molecular complexity index is 386. The summed E-state index contributed by atoms with van der Waals surface area (Å²) in [5, 5.41) is 5.80. The van der Waals surface area contributed by atoms with Crippen LogP contribution in [0.1, 0.15) is 26.7 Å². The Balaban J connectivity index is 2.53. The fraction of sp³-hybridized carbons (Fsp3) is 0.533. The molecule has 1 rings (SSSR count). The van der Waals surface area contributed by atoms with E-state index in [9.17, 15) is 4.79 Å². The second-order valence-corrected chi connectivity index (χ2v) is 5.00. The first-order valence-corrected chi connectivity index (χ1v) is 6.81. The van der Waals surface area contributed by atoms with E-state index in [0.29, 0.717) is 6.54 Å². The van der Waals surface area contributed by atoms with Crippen LogP contribution in [0, 0.1) is 0 Å². The van der Waals surface area contributed by atoms with Crippen molar-refractivity contribution in [1.82, 2.24) is 10.2 Å². The zero-order valence-electron chi connectivity index (χ0n) is 12.4. The van der Waals surface area contributed by atoms with Crippen LogP contribution >= 0.6 is 0 Å². The Morgan fingerprint density at radius 1 is 1.16 bits per heavy atom. The maximum absolute atomic E-state index is 11.9. The molecule has 0 heterocycles. The van der Waals surface area contributed by atoms with Gasteiger partial charge in [-0.25, -0.2) is 4.79 Å². The van der Waals surface area contributed by atoms with E-state index in [2.05, 4.69) is 43.5 Å². The summed E-state index contributed by atoms with van der Waals surface area (Å²) in [6.07, 6.45) is 2.00. The molecular formula is C15H25N3O. The van der Waals surface area contributed by atoms with E-state index in [1.807, 2.05) is 30.3 Å². The minimum absolute atomic E-state index is 0.0219. The number of benzene rings is 1. The molecule has 0 atom stereocenters. The van der Waals surface area contributed by atoms with Gasteiger partial charge in [-0.1, -0.05) is 32.0 Å². The Morgan fingerprint density at radius 3 is 2.21 bits per heavy atom. The van der Waals surface area contributed by atoms with Crippen LogP contribution in [0.3, 0.4) is 0 Å². The van der Waals surface area contributed by atoms with Gasteiger partial charge in [0.05, 0.1) is 0 Å². The molecule has 0 unspecified atom stereocenters. The molecule has 1 aromatic carbocycles. The summed E-state index contributed by atoms with van der Waals surface area (Å²) in [6.45, 7) is 4.95. The predicted molar refractivity (Wildman–Crippen MR) is 80.5 cm³/mol. The van der Waals surface area contributed by atoms with Crippen LogP contribution in [0.5, 0.6) is 0 Å². The first kappa shape index (κ1) is 15.5. The minimum atomic E-state index is -0.153. The molecular weight excluding hydrogens is 238 g/mol. The van der Waals surface area contributed by atoms with E-state index < -0.39 is 0 Å². The van der Waals surface area contributed by atoms with Gasteiger partial charge in [0.1, 0.15) is 0 Å². The molecule has 0 radical (unpaired) electrons. The van der Waals surface area contributed by atoms with Gasteiger partial charge in [0.25, 0.3) is 0 Å². The largest absolute Gasteiger partial charge is 0.336 e. The maximum Gasteiger partial charge on any atom is 0.319 e. The van der Waals surface area contributed by atoms with Crippen LogP contribution in [-0.4, -0.2) is 37.1 Å². The number of carbonyl (C=O) groups is 1. The molecule has 2 amide bonds. The molecule has 0 aliphatic carbocycles. The number of anilines is 1. The monoisotopic (exact) mass is 263 g/mol. The van der Waals surface area contributed by atoms with E-state index >= 15 is 0 Å². The van der Waals surface area contributed by atoms with Crippen molar-refractivity contribution in [2.75, 3.05) is 26.0 Å². The summed E-state index contributed by atoms with van der Waals surface area (Å²) in [5.74, 6) is 0. The van der Waals surface area contributed by atoms with Gasteiger partial charge in [0.15, 0.2) is 0 Å². The number of hydrogen-bond acceptors (Lipinski definition) is 2. The van der Waals surface area contributed by atoms with Gasteiger partial charge in [0, 0.05) is 17.8 Å². The molecule has 19 heavy (non-hydrogen) atoms.